The number of imidazole rings is 1. The molecule has 2 heterocycles. The zero-order valence-electron chi connectivity index (χ0n) is 13.5. The van der Waals surface area contributed by atoms with Crippen LogP contribution in [-0.2, 0) is 22.5 Å². The van der Waals surface area contributed by atoms with Gasteiger partial charge in [0.1, 0.15) is 6.10 Å². The maximum atomic E-state index is 11.8. The van der Waals surface area contributed by atoms with Gasteiger partial charge in [0.25, 0.3) is 0 Å². The molecule has 1 N–H and O–H groups in total. The average molecular weight is 305 g/mol. The lowest BCUT2D eigenvalue weighted by molar-refractivity contribution is -0.143. The summed E-state index contributed by atoms with van der Waals surface area (Å²) in [5.41, 5.74) is 0.942. The fourth-order valence-electron chi connectivity index (χ4n) is 3.52. The molecule has 5 heteroatoms. The molecule has 1 aromatic heterocycles. The first-order chi connectivity index (χ1) is 10.7. The van der Waals surface area contributed by atoms with Crippen LogP contribution in [0, 0.1) is 5.92 Å². The largest absolute Gasteiger partial charge is 0.363 e. The quantitative estimate of drug-likeness (QED) is 0.908. The lowest BCUT2D eigenvalue weighted by atomic mass is 9.87. The van der Waals surface area contributed by atoms with E-state index in [1.807, 2.05) is 13.3 Å². The Morgan fingerprint density at radius 2 is 2.18 bits per heavy atom. The molecular weight excluding hydrogens is 278 g/mol. The summed E-state index contributed by atoms with van der Waals surface area (Å²) >= 11 is 0. The molecule has 22 heavy (non-hydrogen) atoms. The summed E-state index contributed by atoms with van der Waals surface area (Å²) < 4.78 is 7.87. The van der Waals surface area contributed by atoms with Gasteiger partial charge in [-0.2, -0.15) is 0 Å². The maximum Gasteiger partial charge on any atom is 0.249 e. The summed E-state index contributed by atoms with van der Waals surface area (Å²) in [6.45, 7) is 3.62. The van der Waals surface area contributed by atoms with Gasteiger partial charge in [0, 0.05) is 25.7 Å². The predicted octanol–water partition coefficient (Wildman–Crippen LogP) is 2.30. The highest BCUT2D eigenvalue weighted by Gasteiger charge is 2.27. The fourth-order valence-corrected chi connectivity index (χ4v) is 3.52. The first kappa shape index (κ1) is 15.5. The van der Waals surface area contributed by atoms with Crippen molar-refractivity contribution in [2.75, 3.05) is 6.54 Å². The van der Waals surface area contributed by atoms with Crippen LogP contribution in [0.4, 0.5) is 0 Å². The highest BCUT2D eigenvalue weighted by atomic mass is 16.5. The zero-order valence-corrected chi connectivity index (χ0v) is 13.5. The number of hydrogen-bond acceptors (Lipinski definition) is 3. The number of carbonyl (C=O) groups is 1. The summed E-state index contributed by atoms with van der Waals surface area (Å²) in [5, 5.41) is 2.88. The number of carbonyl (C=O) groups excluding carboxylic acids is 1. The van der Waals surface area contributed by atoms with E-state index in [9.17, 15) is 4.79 Å². The van der Waals surface area contributed by atoms with Crippen LogP contribution in [0.5, 0.6) is 0 Å². The lowest BCUT2D eigenvalue weighted by Gasteiger charge is -2.27. The number of amides is 1. The number of aromatic nitrogens is 2. The summed E-state index contributed by atoms with van der Waals surface area (Å²) in [6.07, 6.45) is 12.4. The predicted molar refractivity (Wildman–Crippen MR) is 84.5 cm³/mol. The van der Waals surface area contributed by atoms with Gasteiger partial charge in [-0.05, 0) is 19.3 Å². The maximum absolute atomic E-state index is 11.8. The van der Waals surface area contributed by atoms with E-state index in [0.717, 1.165) is 18.2 Å². The van der Waals surface area contributed by atoms with Crippen molar-refractivity contribution in [2.45, 2.75) is 70.6 Å². The van der Waals surface area contributed by atoms with Crippen molar-refractivity contribution in [2.24, 2.45) is 5.92 Å². The lowest BCUT2D eigenvalue weighted by Crippen LogP contribution is -2.49. The molecule has 0 bridgehead atoms. The summed E-state index contributed by atoms with van der Waals surface area (Å²) in [7, 11) is 0. The molecule has 1 aromatic rings. The third-order valence-electron chi connectivity index (χ3n) is 4.85. The van der Waals surface area contributed by atoms with Crippen molar-refractivity contribution in [3.05, 3.63) is 18.2 Å². The number of ether oxygens (including phenoxy) is 1. The molecule has 1 amide bonds. The minimum atomic E-state index is -0.398. The molecule has 0 aromatic carbocycles. The molecule has 3 rings (SSSR count). The first-order valence-corrected chi connectivity index (χ1v) is 8.64. The van der Waals surface area contributed by atoms with Gasteiger partial charge in [0.15, 0.2) is 0 Å². The molecule has 0 spiro atoms. The SMILES string of the molecule is CC1CNC(=O)C(Cc2cn(CCC3CCCCC3)cn2)O1. The van der Waals surface area contributed by atoms with E-state index in [-0.39, 0.29) is 12.0 Å². The Kier molecular flexibility index (Phi) is 5.13. The van der Waals surface area contributed by atoms with Crippen LogP contribution in [0.3, 0.4) is 0 Å². The molecular formula is C17H27N3O2. The Balaban J connectivity index is 1.49. The molecule has 2 aliphatic rings. The van der Waals surface area contributed by atoms with Crippen molar-refractivity contribution in [1.82, 2.24) is 14.9 Å². The summed E-state index contributed by atoms with van der Waals surface area (Å²) in [5.74, 6) is 0.864. The Labute approximate surface area is 132 Å². The fraction of sp³-hybridized carbons (Fsp3) is 0.765. The number of nitrogens with one attached hydrogen (secondary N) is 1. The van der Waals surface area contributed by atoms with Crippen molar-refractivity contribution < 1.29 is 9.53 Å². The van der Waals surface area contributed by atoms with Crippen molar-refractivity contribution in [3.8, 4) is 0 Å². The first-order valence-electron chi connectivity index (χ1n) is 8.64. The minimum absolute atomic E-state index is 0.0187. The molecule has 2 fully saturated rings. The van der Waals surface area contributed by atoms with Crippen LogP contribution in [0.2, 0.25) is 0 Å². The molecule has 5 nitrogen and oxygen atoms in total. The third-order valence-corrected chi connectivity index (χ3v) is 4.85. The molecule has 122 valence electrons. The van der Waals surface area contributed by atoms with Crippen molar-refractivity contribution in [3.63, 3.8) is 0 Å². The molecule has 0 radical (unpaired) electrons. The van der Waals surface area contributed by atoms with E-state index in [4.69, 9.17) is 4.74 Å². The van der Waals surface area contributed by atoms with Gasteiger partial charge in [-0.15, -0.1) is 0 Å². The van der Waals surface area contributed by atoms with E-state index >= 15 is 0 Å². The smallest absolute Gasteiger partial charge is 0.249 e. The monoisotopic (exact) mass is 305 g/mol. The van der Waals surface area contributed by atoms with Gasteiger partial charge in [0.05, 0.1) is 18.1 Å². The number of nitrogens with zero attached hydrogens (tertiary/aromatic N) is 2. The molecule has 2 atom stereocenters. The number of hydrogen-bond donors (Lipinski definition) is 1. The zero-order chi connectivity index (χ0) is 15.4. The highest BCUT2D eigenvalue weighted by Crippen LogP contribution is 2.26. The van der Waals surface area contributed by atoms with E-state index < -0.39 is 6.10 Å². The molecule has 1 saturated heterocycles. The van der Waals surface area contributed by atoms with Gasteiger partial charge in [-0.1, -0.05) is 32.1 Å². The van der Waals surface area contributed by atoms with Gasteiger partial charge >= 0.3 is 0 Å². The minimum Gasteiger partial charge on any atom is -0.363 e. The third kappa shape index (κ3) is 4.09. The standard InChI is InChI=1S/C17H27N3O2/c1-13-10-18-17(21)16(22-13)9-15-11-20(12-19-15)8-7-14-5-3-2-4-6-14/h11-14,16H,2-10H2,1H3,(H,18,21). The van der Waals surface area contributed by atoms with Gasteiger partial charge in [-0.3, -0.25) is 4.79 Å². The Morgan fingerprint density at radius 1 is 1.36 bits per heavy atom. The topological polar surface area (TPSA) is 56.2 Å². The van der Waals surface area contributed by atoms with E-state index in [1.54, 1.807) is 0 Å². The Morgan fingerprint density at radius 3 is 3.00 bits per heavy atom. The molecule has 1 saturated carbocycles. The normalized spacial score (nSPS) is 26.9. The van der Waals surface area contributed by atoms with Crippen molar-refractivity contribution >= 4 is 5.91 Å². The number of aryl methyl sites for hydroxylation is 1. The summed E-state index contributed by atoms with van der Waals surface area (Å²) in [6, 6.07) is 0. The van der Waals surface area contributed by atoms with Crippen LogP contribution in [0.25, 0.3) is 0 Å². The van der Waals surface area contributed by atoms with E-state index in [2.05, 4.69) is 21.1 Å². The van der Waals surface area contributed by atoms with Gasteiger partial charge in [-0.25, -0.2) is 4.98 Å². The number of morpholine rings is 1. The van der Waals surface area contributed by atoms with Crippen LogP contribution in [0.1, 0.15) is 51.1 Å². The van der Waals surface area contributed by atoms with Crippen LogP contribution >= 0.6 is 0 Å². The Hall–Kier alpha value is -1.36. The van der Waals surface area contributed by atoms with E-state index in [0.29, 0.717) is 13.0 Å². The van der Waals surface area contributed by atoms with Crippen LogP contribution in [0.15, 0.2) is 12.5 Å². The molecule has 1 aliphatic heterocycles. The molecule has 2 unspecified atom stereocenters. The van der Waals surface area contributed by atoms with Crippen LogP contribution < -0.4 is 5.32 Å². The average Bonchev–Trinajstić information content (AvgIpc) is 2.98. The highest BCUT2D eigenvalue weighted by molar-refractivity contribution is 5.81. The second-order valence-electron chi connectivity index (χ2n) is 6.78. The van der Waals surface area contributed by atoms with Crippen molar-refractivity contribution in [1.29, 1.82) is 0 Å². The summed E-state index contributed by atoms with van der Waals surface area (Å²) in [4.78, 5) is 16.2. The Bertz CT molecular complexity index is 494. The van der Waals surface area contributed by atoms with Crippen LogP contribution in [-0.4, -0.2) is 34.2 Å². The van der Waals surface area contributed by atoms with Gasteiger partial charge < -0.3 is 14.6 Å². The molecule has 1 aliphatic carbocycles. The van der Waals surface area contributed by atoms with E-state index in [1.165, 1.54) is 38.5 Å². The second-order valence-corrected chi connectivity index (χ2v) is 6.78. The second kappa shape index (κ2) is 7.27. The van der Waals surface area contributed by atoms with Gasteiger partial charge in [0.2, 0.25) is 5.91 Å². The number of rotatable bonds is 5.